The van der Waals surface area contributed by atoms with E-state index in [-0.39, 0.29) is 18.2 Å². The first-order valence-electron chi connectivity index (χ1n) is 6.06. The lowest BCUT2D eigenvalue weighted by Crippen LogP contribution is -2.10. The smallest absolute Gasteiger partial charge is 0.360 e. The van der Waals surface area contributed by atoms with E-state index in [0.717, 1.165) is 5.56 Å². The molecule has 0 aliphatic rings. The zero-order valence-electron chi connectivity index (χ0n) is 10.8. The molecule has 0 aliphatic carbocycles. The number of esters is 1. The molecule has 7 heteroatoms. The SMILES string of the molecule is CCOC(=O)c1nnn(Cc2ccccc2Cl)c1CCl. The lowest BCUT2D eigenvalue weighted by atomic mass is 10.2. The molecule has 0 saturated carbocycles. The van der Waals surface area contributed by atoms with Crippen LogP contribution in [0.1, 0.15) is 28.7 Å². The Balaban J connectivity index is 2.29. The Morgan fingerprint density at radius 3 is 2.80 bits per heavy atom. The second-order valence-electron chi connectivity index (χ2n) is 3.99. The fourth-order valence-corrected chi connectivity index (χ4v) is 2.20. The van der Waals surface area contributed by atoms with Gasteiger partial charge in [0.05, 0.1) is 24.7 Å². The number of carbonyl (C=O) groups excluding carboxylic acids is 1. The van der Waals surface area contributed by atoms with Crippen LogP contribution in [-0.4, -0.2) is 27.6 Å². The maximum atomic E-state index is 11.7. The minimum absolute atomic E-state index is 0.117. The summed E-state index contributed by atoms with van der Waals surface area (Å²) in [5, 5.41) is 8.42. The average molecular weight is 314 g/mol. The second-order valence-corrected chi connectivity index (χ2v) is 4.66. The van der Waals surface area contributed by atoms with Gasteiger partial charge < -0.3 is 4.74 Å². The Bertz CT molecular complexity index is 613. The number of alkyl halides is 1. The maximum absolute atomic E-state index is 11.7. The normalized spacial score (nSPS) is 10.6. The monoisotopic (exact) mass is 313 g/mol. The molecule has 0 unspecified atom stereocenters. The van der Waals surface area contributed by atoms with Gasteiger partial charge in [-0.3, -0.25) is 0 Å². The van der Waals surface area contributed by atoms with Crippen LogP contribution in [0.25, 0.3) is 0 Å². The number of hydrogen-bond donors (Lipinski definition) is 0. The Hall–Kier alpha value is -1.59. The fraction of sp³-hybridized carbons (Fsp3) is 0.308. The van der Waals surface area contributed by atoms with Gasteiger partial charge in [0.15, 0.2) is 5.69 Å². The Morgan fingerprint density at radius 2 is 2.15 bits per heavy atom. The van der Waals surface area contributed by atoms with Gasteiger partial charge in [-0.25, -0.2) is 9.48 Å². The summed E-state index contributed by atoms with van der Waals surface area (Å²) in [5.41, 5.74) is 1.54. The quantitative estimate of drug-likeness (QED) is 0.629. The largest absolute Gasteiger partial charge is 0.461 e. The predicted molar refractivity (Wildman–Crippen MR) is 76.1 cm³/mol. The molecule has 20 heavy (non-hydrogen) atoms. The van der Waals surface area contributed by atoms with Gasteiger partial charge in [-0.05, 0) is 18.6 Å². The molecule has 0 fully saturated rings. The van der Waals surface area contributed by atoms with Crippen LogP contribution in [0.5, 0.6) is 0 Å². The highest BCUT2D eigenvalue weighted by atomic mass is 35.5. The highest BCUT2D eigenvalue weighted by Gasteiger charge is 2.20. The molecule has 0 aliphatic heterocycles. The molecule has 5 nitrogen and oxygen atoms in total. The lowest BCUT2D eigenvalue weighted by Gasteiger charge is -2.07. The van der Waals surface area contributed by atoms with Gasteiger partial charge in [-0.1, -0.05) is 35.0 Å². The number of hydrogen-bond acceptors (Lipinski definition) is 4. The van der Waals surface area contributed by atoms with Crippen LogP contribution >= 0.6 is 23.2 Å². The summed E-state index contributed by atoms with van der Waals surface area (Å²) in [7, 11) is 0. The van der Waals surface area contributed by atoms with E-state index >= 15 is 0 Å². The molecular formula is C13H13Cl2N3O2. The molecule has 0 atom stereocenters. The van der Waals surface area contributed by atoms with Crippen molar-refractivity contribution in [3.8, 4) is 0 Å². The van der Waals surface area contributed by atoms with E-state index < -0.39 is 5.97 Å². The van der Waals surface area contributed by atoms with E-state index in [9.17, 15) is 4.79 Å². The molecule has 0 bridgehead atoms. The first-order valence-corrected chi connectivity index (χ1v) is 6.97. The highest BCUT2D eigenvalue weighted by Crippen LogP contribution is 2.18. The Kier molecular flexibility index (Phi) is 4.98. The minimum atomic E-state index is -0.520. The molecule has 2 rings (SSSR count). The third kappa shape index (κ3) is 3.11. The molecule has 0 saturated heterocycles. The molecule has 2 aromatic rings. The van der Waals surface area contributed by atoms with Crippen molar-refractivity contribution in [1.29, 1.82) is 0 Å². The third-order valence-corrected chi connectivity index (χ3v) is 3.33. The van der Waals surface area contributed by atoms with E-state index in [1.807, 2.05) is 18.2 Å². The molecule has 0 spiro atoms. The number of halogens is 2. The number of rotatable bonds is 5. The van der Waals surface area contributed by atoms with Crippen molar-refractivity contribution >= 4 is 29.2 Å². The summed E-state index contributed by atoms with van der Waals surface area (Å²) in [4.78, 5) is 11.7. The first-order chi connectivity index (χ1) is 9.67. The number of aromatic nitrogens is 3. The van der Waals surface area contributed by atoms with E-state index in [2.05, 4.69) is 10.3 Å². The van der Waals surface area contributed by atoms with Crippen LogP contribution in [-0.2, 0) is 17.2 Å². The van der Waals surface area contributed by atoms with Gasteiger partial charge >= 0.3 is 5.97 Å². The van der Waals surface area contributed by atoms with Gasteiger partial charge in [0.1, 0.15) is 0 Å². The highest BCUT2D eigenvalue weighted by molar-refractivity contribution is 6.31. The van der Waals surface area contributed by atoms with Crippen LogP contribution in [0.4, 0.5) is 0 Å². The Morgan fingerprint density at radius 1 is 1.40 bits per heavy atom. The molecule has 1 aromatic heterocycles. The molecule has 0 radical (unpaired) electrons. The average Bonchev–Trinajstić information content (AvgIpc) is 2.84. The Labute approximate surface area is 126 Å². The summed E-state index contributed by atoms with van der Waals surface area (Å²) in [6, 6.07) is 7.40. The van der Waals surface area contributed by atoms with Crippen molar-refractivity contribution in [2.45, 2.75) is 19.3 Å². The minimum Gasteiger partial charge on any atom is -0.461 e. The standard InChI is InChI=1S/C13H13Cl2N3O2/c1-2-20-13(19)12-11(7-14)18(17-16-12)8-9-5-3-4-6-10(9)15/h3-6H,2,7-8H2,1H3. The summed E-state index contributed by atoms with van der Waals surface area (Å²) in [5.74, 6) is -0.403. The maximum Gasteiger partial charge on any atom is 0.360 e. The van der Waals surface area contributed by atoms with Crippen molar-refractivity contribution in [1.82, 2.24) is 15.0 Å². The summed E-state index contributed by atoms with van der Waals surface area (Å²) < 4.78 is 6.47. The fourth-order valence-electron chi connectivity index (χ4n) is 1.74. The molecular weight excluding hydrogens is 301 g/mol. The molecule has 0 N–H and O–H groups in total. The van der Waals surface area contributed by atoms with Crippen molar-refractivity contribution in [3.05, 3.63) is 46.2 Å². The van der Waals surface area contributed by atoms with Crippen LogP contribution in [0.2, 0.25) is 5.02 Å². The molecule has 1 aromatic carbocycles. The lowest BCUT2D eigenvalue weighted by molar-refractivity contribution is 0.0518. The van der Waals surface area contributed by atoms with Crippen LogP contribution in [0.3, 0.4) is 0 Å². The number of carbonyl (C=O) groups is 1. The number of nitrogens with zero attached hydrogens (tertiary/aromatic N) is 3. The van der Waals surface area contributed by atoms with Crippen LogP contribution in [0.15, 0.2) is 24.3 Å². The van der Waals surface area contributed by atoms with E-state index in [1.165, 1.54) is 0 Å². The number of ether oxygens (including phenoxy) is 1. The molecule has 1 heterocycles. The summed E-state index contributed by atoms with van der Waals surface area (Å²) in [6.45, 7) is 2.40. The molecule has 0 amide bonds. The summed E-state index contributed by atoms with van der Waals surface area (Å²) >= 11 is 12.0. The van der Waals surface area contributed by atoms with E-state index in [4.69, 9.17) is 27.9 Å². The van der Waals surface area contributed by atoms with Crippen molar-refractivity contribution < 1.29 is 9.53 Å². The zero-order chi connectivity index (χ0) is 14.5. The van der Waals surface area contributed by atoms with E-state index in [0.29, 0.717) is 17.3 Å². The molecule has 106 valence electrons. The van der Waals surface area contributed by atoms with Crippen LogP contribution in [0, 0.1) is 0 Å². The van der Waals surface area contributed by atoms with Gasteiger partial charge in [0.2, 0.25) is 0 Å². The van der Waals surface area contributed by atoms with Gasteiger partial charge in [0, 0.05) is 5.02 Å². The van der Waals surface area contributed by atoms with Crippen molar-refractivity contribution in [3.63, 3.8) is 0 Å². The second kappa shape index (κ2) is 6.72. The van der Waals surface area contributed by atoms with Crippen LogP contribution < -0.4 is 0 Å². The van der Waals surface area contributed by atoms with E-state index in [1.54, 1.807) is 17.7 Å². The van der Waals surface area contributed by atoms with Crippen molar-refractivity contribution in [2.75, 3.05) is 6.61 Å². The predicted octanol–water partition coefficient (Wildman–Crippen LogP) is 2.90. The third-order valence-electron chi connectivity index (χ3n) is 2.71. The van der Waals surface area contributed by atoms with Gasteiger partial charge in [-0.2, -0.15) is 0 Å². The van der Waals surface area contributed by atoms with Gasteiger partial charge in [-0.15, -0.1) is 16.7 Å². The van der Waals surface area contributed by atoms with Gasteiger partial charge in [0.25, 0.3) is 0 Å². The number of benzene rings is 1. The zero-order valence-corrected chi connectivity index (χ0v) is 12.4. The van der Waals surface area contributed by atoms with Crippen molar-refractivity contribution in [2.24, 2.45) is 0 Å². The summed E-state index contributed by atoms with van der Waals surface area (Å²) in [6.07, 6.45) is 0. The first kappa shape index (κ1) is 14.8. The topological polar surface area (TPSA) is 57.0 Å².